The van der Waals surface area contributed by atoms with Crippen LogP contribution in [0, 0.1) is 22.7 Å². The van der Waals surface area contributed by atoms with Gasteiger partial charge in [0.2, 0.25) is 0 Å². The minimum Gasteiger partial charge on any atom is -0.346 e. The van der Waals surface area contributed by atoms with Gasteiger partial charge in [0.05, 0.1) is 29.0 Å². The van der Waals surface area contributed by atoms with E-state index in [1.165, 1.54) is 0 Å². The average Bonchev–Trinajstić information content (AvgIpc) is 3.07. The van der Waals surface area contributed by atoms with E-state index in [0.717, 1.165) is 16.5 Å². The third-order valence-corrected chi connectivity index (χ3v) is 4.86. The molecule has 0 aliphatic carbocycles. The number of aromatic nitrogens is 3. The van der Waals surface area contributed by atoms with Gasteiger partial charge in [0.15, 0.2) is 5.82 Å². The molecule has 1 N–H and O–H groups in total. The van der Waals surface area contributed by atoms with Crippen LogP contribution in [-0.2, 0) is 6.54 Å². The average molecular weight is 400 g/mol. The van der Waals surface area contributed by atoms with Crippen molar-refractivity contribution in [2.45, 2.75) is 13.0 Å². The van der Waals surface area contributed by atoms with Crippen molar-refractivity contribution in [3.8, 4) is 12.1 Å². The van der Waals surface area contributed by atoms with E-state index in [9.17, 15) is 10.1 Å². The molecule has 4 aromatic rings. The van der Waals surface area contributed by atoms with Crippen molar-refractivity contribution in [2.75, 3.05) is 0 Å². The molecule has 0 aliphatic heterocycles. The number of hydrogen-bond acceptors (Lipinski definition) is 4. The summed E-state index contributed by atoms with van der Waals surface area (Å²) >= 11 is 6.02. The van der Waals surface area contributed by atoms with E-state index in [-0.39, 0.29) is 17.0 Å². The number of H-pyrrole nitrogens is 1. The van der Waals surface area contributed by atoms with Crippen molar-refractivity contribution < 1.29 is 0 Å². The maximum Gasteiger partial charge on any atom is 0.259 e. The zero-order chi connectivity index (χ0) is 20.4. The Bertz CT molecular complexity index is 1420. The van der Waals surface area contributed by atoms with Gasteiger partial charge in [0, 0.05) is 34.2 Å². The molecule has 0 bridgehead atoms. The van der Waals surface area contributed by atoms with E-state index in [4.69, 9.17) is 16.9 Å². The van der Waals surface area contributed by atoms with Crippen LogP contribution in [-0.4, -0.2) is 14.5 Å². The predicted molar refractivity (Wildman–Crippen MR) is 113 cm³/mol. The van der Waals surface area contributed by atoms with E-state index >= 15 is 0 Å². The molecule has 4 rings (SSSR count). The van der Waals surface area contributed by atoms with Crippen molar-refractivity contribution in [3.63, 3.8) is 0 Å². The number of nitriles is 2. The van der Waals surface area contributed by atoms with Crippen LogP contribution in [0.4, 0.5) is 0 Å². The van der Waals surface area contributed by atoms with Crippen molar-refractivity contribution in [1.29, 1.82) is 10.5 Å². The minimum atomic E-state index is -0.334. The highest BCUT2D eigenvalue weighted by Gasteiger charge is 2.12. The van der Waals surface area contributed by atoms with Crippen molar-refractivity contribution >= 4 is 45.1 Å². The number of allylic oxidation sites excluding steroid dienone is 1. The summed E-state index contributed by atoms with van der Waals surface area (Å²) in [5.74, 6) is 0.182. The highest BCUT2D eigenvalue weighted by molar-refractivity contribution is 6.31. The molecule has 2 aromatic carbocycles. The molecule has 0 aliphatic rings. The number of nitrogens with zero attached hydrogens (tertiary/aromatic N) is 4. The molecular formula is C22H14ClN5O. The van der Waals surface area contributed by atoms with E-state index in [1.54, 1.807) is 24.3 Å². The molecule has 0 spiro atoms. The Morgan fingerprint density at radius 3 is 2.83 bits per heavy atom. The second kappa shape index (κ2) is 7.63. The van der Waals surface area contributed by atoms with Crippen LogP contribution in [0.1, 0.15) is 17.8 Å². The van der Waals surface area contributed by atoms with Gasteiger partial charge in [-0.3, -0.25) is 4.79 Å². The van der Waals surface area contributed by atoms with Crippen LogP contribution >= 0.6 is 11.6 Å². The molecule has 6 nitrogen and oxygen atoms in total. The summed E-state index contributed by atoms with van der Waals surface area (Å²) in [6.45, 7) is 0.552. The number of halogens is 1. The fraction of sp³-hybridized carbons (Fsp3) is 0.0909. The van der Waals surface area contributed by atoms with E-state index < -0.39 is 0 Å². The van der Waals surface area contributed by atoms with Gasteiger partial charge in [0.1, 0.15) is 6.07 Å². The van der Waals surface area contributed by atoms with Gasteiger partial charge in [-0.25, -0.2) is 4.98 Å². The summed E-state index contributed by atoms with van der Waals surface area (Å²) < 4.78 is 1.98. The first-order chi connectivity index (χ1) is 14.1. The smallest absolute Gasteiger partial charge is 0.259 e. The molecule has 2 heterocycles. The maximum absolute atomic E-state index is 12.4. The van der Waals surface area contributed by atoms with Gasteiger partial charge in [0.25, 0.3) is 5.56 Å². The summed E-state index contributed by atoms with van der Waals surface area (Å²) in [4.78, 5) is 19.5. The second-order valence-electron chi connectivity index (χ2n) is 6.45. The molecule has 0 unspecified atom stereocenters. The van der Waals surface area contributed by atoms with Gasteiger partial charge in [-0.15, -0.1) is 0 Å². The third kappa shape index (κ3) is 3.50. The molecule has 2 aromatic heterocycles. The quantitative estimate of drug-likeness (QED) is 0.510. The lowest BCUT2D eigenvalue weighted by Gasteiger charge is -2.02. The standard InChI is InChI=1S/C22H14ClN5O/c23-16-6-7-18-19(11-16)26-21(27-22(18)29)14(12-25)10-15-13-28(9-3-8-24)20-5-2-1-4-17(15)20/h1-2,4-7,10-11,13H,3,9H2,(H,26,27,29)/b14-10-. The Labute approximate surface area is 170 Å². The number of aromatic amines is 1. The molecule has 0 radical (unpaired) electrons. The van der Waals surface area contributed by atoms with Crippen molar-refractivity contribution in [1.82, 2.24) is 14.5 Å². The molecule has 7 heteroatoms. The lowest BCUT2D eigenvalue weighted by atomic mass is 10.1. The zero-order valence-electron chi connectivity index (χ0n) is 15.2. The van der Waals surface area contributed by atoms with E-state index in [1.807, 2.05) is 35.0 Å². The first kappa shape index (κ1) is 18.5. The Morgan fingerprint density at radius 1 is 1.21 bits per heavy atom. The fourth-order valence-corrected chi connectivity index (χ4v) is 3.46. The number of hydrogen-bond donors (Lipinski definition) is 1. The first-order valence-electron chi connectivity index (χ1n) is 8.87. The highest BCUT2D eigenvalue weighted by atomic mass is 35.5. The van der Waals surface area contributed by atoms with Crippen LogP contribution < -0.4 is 5.56 Å². The SMILES string of the molecule is N#CCCn1cc(/C=C(/C#N)c2nc3cc(Cl)ccc3c(=O)[nH]2)c2ccccc21. The van der Waals surface area contributed by atoms with Crippen LogP contribution in [0.3, 0.4) is 0 Å². The summed E-state index contributed by atoms with van der Waals surface area (Å²) in [5.41, 5.74) is 2.10. The lowest BCUT2D eigenvalue weighted by Crippen LogP contribution is -2.11. The number of nitrogens with one attached hydrogen (secondary N) is 1. The Balaban J connectivity index is 1.87. The Hall–Kier alpha value is -3.87. The Morgan fingerprint density at radius 2 is 2.03 bits per heavy atom. The highest BCUT2D eigenvalue weighted by Crippen LogP contribution is 2.26. The predicted octanol–water partition coefficient (Wildman–Crippen LogP) is 4.51. The van der Waals surface area contributed by atoms with Crippen molar-refractivity contribution in [3.05, 3.63) is 75.4 Å². The second-order valence-corrected chi connectivity index (χ2v) is 6.89. The van der Waals surface area contributed by atoms with Gasteiger partial charge >= 0.3 is 0 Å². The summed E-state index contributed by atoms with van der Waals surface area (Å²) in [5, 5.41) is 20.4. The van der Waals surface area contributed by atoms with E-state index in [2.05, 4.69) is 22.1 Å². The zero-order valence-corrected chi connectivity index (χ0v) is 15.9. The molecule has 29 heavy (non-hydrogen) atoms. The molecule has 0 atom stereocenters. The third-order valence-electron chi connectivity index (χ3n) is 4.63. The molecule has 0 fully saturated rings. The van der Waals surface area contributed by atoms with Gasteiger partial charge in [-0.05, 0) is 30.3 Å². The normalized spacial score (nSPS) is 11.5. The summed E-state index contributed by atoms with van der Waals surface area (Å²) in [7, 11) is 0. The molecule has 0 amide bonds. The number of aryl methyl sites for hydroxylation is 1. The molecule has 140 valence electrons. The maximum atomic E-state index is 12.4. The molecular weight excluding hydrogens is 386 g/mol. The number of para-hydroxylation sites is 1. The monoisotopic (exact) mass is 399 g/mol. The van der Waals surface area contributed by atoms with Gasteiger partial charge in [-0.1, -0.05) is 29.8 Å². The summed E-state index contributed by atoms with van der Waals surface area (Å²) in [6, 6.07) is 16.9. The van der Waals surface area contributed by atoms with Crippen LogP contribution in [0.15, 0.2) is 53.5 Å². The largest absolute Gasteiger partial charge is 0.346 e. The summed E-state index contributed by atoms with van der Waals surface area (Å²) in [6.07, 6.45) is 3.97. The number of benzene rings is 2. The topological polar surface area (TPSA) is 98.3 Å². The van der Waals surface area contributed by atoms with E-state index in [0.29, 0.717) is 28.9 Å². The van der Waals surface area contributed by atoms with Crippen LogP contribution in [0.2, 0.25) is 5.02 Å². The lowest BCUT2D eigenvalue weighted by molar-refractivity contribution is 0.744. The molecule has 0 saturated carbocycles. The molecule has 0 saturated heterocycles. The van der Waals surface area contributed by atoms with Crippen molar-refractivity contribution in [2.24, 2.45) is 0 Å². The van der Waals surface area contributed by atoms with Crippen LogP contribution in [0.25, 0.3) is 33.5 Å². The minimum absolute atomic E-state index is 0.182. The first-order valence-corrected chi connectivity index (χ1v) is 9.25. The number of rotatable bonds is 4. The van der Waals surface area contributed by atoms with Crippen LogP contribution in [0.5, 0.6) is 0 Å². The number of fused-ring (bicyclic) bond motifs is 2. The fourth-order valence-electron chi connectivity index (χ4n) is 3.29. The van der Waals surface area contributed by atoms with Gasteiger partial charge < -0.3 is 9.55 Å². The Kier molecular flexibility index (Phi) is 4.87. The van der Waals surface area contributed by atoms with Gasteiger partial charge in [-0.2, -0.15) is 10.5 Å².